The molecule has 3 amide bonds. The number of nitrogens with zero attached hydrogens (tertiary/aromatic N) is 2. The summed E-state index contributed by atoms with van der Waals surface area (Å²) in [4.78, 5) is 40.1. The summed E-state index contributed by atoms with van der Waals surface area (Å²) in [5.41, 5.74) is 0.816. The maximum atomic E-state index is 12.6. The standard InChI is InChI=1S/C17H16I2N2O4S/c1-25-15-11(18)6-10(7-12(15)19)8-13-16(23)21(17(24)26-13)9-14(22)20-4-2-3-5-20/h6-8H,2-5,9H2,1H3/b13-8+. The van der Waals surface area contributed by atoms with Gasteiger partial charge < -0.3 is 9.64 Å². The molecule has 0 unspecified atom stereocenters. The molecule has 0 atom stereocenters. The fourth-order valence-corrected chi connectivity index (χ4v) is 5.94. The minimum Gasteiger partial charge on any atom is -0.495 e. The molecule has 3 rings (SSSR count). The van der Waals surface area contributed by atoms with Crippen molar-refractivity contribution in [2.24, 2.45) is 0 Å². The average molecular weight is 598 g/mol. The molecule has 6 nitrogen and oxygen atoms in total. The second-order valence-electron chi connectivity index (χ2n) is 5.87. The molecule has 0 spiro atoms. The van der Waals surface area contributed by atoms with Gasteiger partial charge in [-0.25, -0.2) is 0 Å². The van der Waals surface area contributed by atoms with Crippen molar-refractivity contribution in [3.63, 3.8) is 0 Å². The molecule has 2 aliphatic rings. The predicted octanol–water partition coefficient (Wildman–Crippen LogP) is 3.56. The van der Waals surface area contributed by atoms with Crippen LogP contribution in [0, 0.1) is 7.14 Å². The van der Waals surface area contributed by atoms with Crippen molar-refractivity contribution in [1.29, 1.82) is 0 Å². The largest absolute Gasteiger partial charge is 0.495 e. The van der Waals surface area contributed by atoms with Crippen molar-refractivity contribution in [2.45, 2.75) is 12.8 Å². The molecular weight excluding hydrogens is 582 g/mol. The van der Waals surface area contributed by atoms with Gasteiger partial charge in [-0.3, -0.25) is 19.3 Å². The van der Waals surface area contributed by atoms with Crippen LogP contribution in [-0.2, 0) is 9.59 Å². The molecular formula is C17H16I2N2O4S. The Morgan fingerprint density at radius 1 is 1.23 bits per heavy atom. The van der Waals surface area contributed by atoms with Gasteiger partial charge in [-0.15, -0.1) is 0 Å². The molecule has 0 aliphatic carbocycles. The van der Waals surface area contributed by atoms with Crippen LogP contribution in [0.3, 0.4) is 0 Å². The van der Waals surface area contributed by atoms with Gasteiger partial charge in [0.15, 0.2) is 0 Å². The Labute approximate surface area is 183 Å². The highest BCUT2D eigenvalue weighted by molar-refractivity contribution is 14.1. The zero-order chi connectivity index (χ0) is 18.8. The summed E-state index contributed by atoms with van der Waals surface area (Å²) in [7, 11) is 1.61. The second-order valence-corrected chi connectivity index (χ2v) is 9.19. The Bertz CT molecular complexity index is 783. The van der Waals surface area contributed by atoms with Crippen LogP contribution in [0.2, 0.25) is 0 Å². The average Bonchev–Trinajstić information content (AvgIpc) is 3.20. The van der Waals surface area contributed by atoms with Crippen LogP contribution in [0.1, 0.15) is 18.4 Å². The zero-order valence-corrected chi connectivity index (χ0v) is 19.1. The number of imide groups is 1. The van der Waals surface area contributed by atoms with E-state index in [1.54, 1.807) is 18.1 Å². The van der Waals surface area contributed by atoms with E-state index >= 15 is 0 Å². The third-order valence-corrected chi connectivity index (χ3v) is 6.66. The van der Waals surface area contributed by atoms with E-state index in [1.165, 1.54) is 0 Å². The van der Waals surface area contributed by atoms with Crippen LogP contribution in [0.4, 0.5) is 4.79 Å². The van der Waals surface area contributed by atoms with Crippen LogP contribution in [0.25, 0.3) is 6.08 Å². The first-order valence-corrected chi connectivity index (χ1v) is 10.9. The number of rotatable bonds is 4. The number of hydrogen-bond acceptors (Lipinski definition) is 5. The number of benzene rings is 1. The zero-order valence-electron chi connectivity index (χ0n) is 14.0. The lowest BCUT2D eigenvalue weighted by atomic mass is 10.2. The van der Waals surface area contributed by atoms with E-state index in [9.17, 15) is 14.4 Å². The third kappa shape index (κ3) is 4.19. The molecule has 1 aromatic carbocycles. The Hall–Kier alpha value is -0.820. The third-order valence-electron chi connectivity index (χ3n) is 4.15. The quantitative estimate of drug-likeness (QED) is 0.392. The number of halogens is 2. The SMILES string of the molecule is COc1c(I)cc(/C=C2/SC(=O)N(CC(=O)N3CCCC3)C2=O)cc1I. The molecule has 2 fully saturated rings. The molecule has 2 saturated heterocycles. The Balaban J connectivity index is 1.78. The minimum absolute atomic E-state index is 0.167. The fourth-order valence-electron chi connectivity index (χ4n) is 2.85. The number of methoxy groups -OCH3 is 1. The van der Waals surface area contributed by atoms with Gasteiger partial charge in [0.2, 0.25) is 5.91 Å². The van der Waals surface area contributed by atoms with Gasteiger partial charge in [0.05, 0.1) is 19.2 Å². The van der Waals surface area contributed by atoms with Crippen molar-refractivity contribution in [2.75, 3.05) is 26.7 Å². The summed E-state index contributed by atoms with van der Waals surface area (Å²) < 4.78 is 7.18. The van der Waals surface area contributed by atoms with Crippen molar-refractivity contribution in [3.8, 4) is 5.75 Å². The molecule has 0 radical (unpaired) electrons. The lowest BCUT2D eigenvalue weighted by Crippen LogP contribution is -2.40. The van der Waals surface area contributed by atoms with Crippen LogP contribution in [0.5, 0.6) is 5.75 Å². The van der Waals surface area contributed by atoms with E-state index in [0.717, 1.165) is 48.0 Å². The van der Waals surface area contributed by atoms with Crippen LogP contribution < -0.4 is 4.74 Å². The summed E-state index contributed by atoms with van der Waals surface area (Å²) in [6.07, 6.45) is 3.64. The van der Waals surface area contributed by atoms with E-state index in [4.69, 9.17) is 4.74 Å². The van der Waals surface area contributed by atoms with E-state index in [0.29, 0.717) is 18.0 Å². The predicted molar refractivity (Wildman–Crippen MR) is 117 cm³/mol. The molecule has 9 heteroatoms. The molecule has 138 valence electrons. The number of ether oxygens (including phenoxy) is 1. The van der Waals surface area contributed by atoms with Crippen LogP contribution in [0.15, 0.2) is 17.0 Å². The highest BCUT2D eigenvalue weighted by atomic mass is 127. The summed E-state index contributed by atoms with van der Waals surface area (Å²) in [5, 5.41) is -0.397. The number of carbonyl (C=O) groups excluding carboxylic acids is 3. The number of hydrogen-bond donors (Lipinski definition) is 0. The molecule has 0 aromatic heterocycles. The highest BCUT2D eigenvalue weighted by Gasteiger charge is 2.37. The van der Waals surface area contributed by atoms with Gasteiger partial charge in [0, 0.05) is 13.1 Å². The number of amides is 3. The molecule has 26 heavy (non-hydrogen) atoms. The van der Waals surface area contributed by atoms with Gasteiger partial charge in [-0.1, -0.05) is 0 Å². The van der Waals surface area contributed by atoms with Crippen molar-refractivity contribution in [1.82, 2.24) is 9.80 Å². The maximum Gasteiger partial charge on any atom is 0.294 e. The first-order valence-electron chi connectivity index (χ1n) is 7.97. The van der Waals surface area contributed by atoms with Gasteiger partial charge in [-0.05, 0) is 93.6 Å². The van der Waals surface area contributed by atoms with Crippen molar-refractivity contribution < 1.29 is 19.1 Å². The van der Waals surface area contributed by atoms with E-state index in [-0.39, 0.29) is 12.5 Å². The number of thioether (sulfide) groups is 1. The normalized spacial score (nSPS) is 19.0. The Morgan fingerprint density at radius 2 is 1.85 bits per heavy atom. The maximum absolute atomic E-state index is 12.6. The molecule has 1 aromatic rings. The van der Waals surface area contributed by atoms with Gasteiger partial charge in [-0.2, -0.15) is 0 Å². The topological polar surface area (TPSA) is 66.9 Å². The highest BCUT2D eigenvalue weighted by Crippen LogP contribution is 2.34. The Morgan fingerprint density at radius 3 is 2.42 bits per heavy atom. The number of likely N-dealkylation sites (tertiary alicyclic amines) is 1. The summed E-state index contributed by atoms with van der Waals surface area (Å²) in [6, 6.07) is 3.79. The molecule has 0 N–H and O–H groups in total. The van der Waals surface area contributed by atoms with E-state index in [1.807, 2.05) is 12.1 Å². The molecule has 2 aliphatic heterocycles. The summed E-state index contributed by atoms with van der Waals surface area (Å²) >= 11 is 5.22. The second kappa shape index (κ2) is 8.46. The van der Waals surface area contributed by atoms with Crippen molar-refractivity contribution >= 4 is 80.1 Å². The number of carbonyl (C=O) groups is 3. The molecule has 0 saturated carbocycles. The van der Waals surface area contributed by atoms with Crippen LogP contribution >= 0.6 is 56.9 Å². The van der Waals surface area contributed by atoms with E-state index < -0.39 is 11.1 Å². The van der Waals surface area contributed by atoms with E-state index in [2.05, 4.69) is 45.2 Å². The van der Waals surface area contributed by atoms with Crippen molar-refractivity contribution in [3.05, 3.63) is 29.7 Å². The van der Waals surface area contributed by atoms with Gasteiger partial charge in [0.1, 0.15) is 12.3 Å². The monoisotopic (exact) mass is 598 g/mol. The summed E-state index contributed by atoms with van der Waals surface area (Å²) in [6.45, 7) is 1.22. The van der Waals surface area contributed by atoms with Gasteiger partial charge in [0.25, 0.3) is 11.1 Å². The van der Waals surface area contributed by atoms with Gasteiger partial charge >= 0.3 is 0 Å². The smallest absolute Gasteiger partial charge is 0.294 e. The minimum atomic E-state index is -0.409. The first-order chi connectivity index (χ1) is 12.4. The lowest BCUT2D eigenvalue weighted by molar-refractivity contribution is -0.135. The fraction of sp³-hybridized carbons (Fsp3) is 0.353. The summed E-state index contributed by atoms with van der Waals surface area (Å²) in [5.74, 6) is 0.209. The Kier molecular flexibility index (Phi) is 6.49. The molecule has 2 heterocycles. The first kappa shape index (κ1) is 19.9. The lowest BCUT2D eigenvalue weighted by Gasteiger charge is -2.18. The molecule has 0 bridgehead atoms. The van der Waals surface area contributed by atoms with Crippen LogP contribution in [-0.4, -0.2) is 53.6 Å².